The Labute approximate surface area is 158 Å². The summed E-state index contributed by atoms with van der Waals surface area (Å²) in [5.41, 5.74) is 0. The second-order valence-electron chi connectivity index (χ2n) is 5.66. The van der Waals surface area contributed by atoms with Crippen LogP contribution in [0, 0.1) is 5.82 Å². The van der Waals surface area contributed by atoms with Gasteiger partial charge in [0, 0.05) is 24.2 Å². The van der Waals surface area contributed by atoms with Crippen molar-refractivity contribution in [3.8, 4) is 0 Å². The number of nitrogens with zero attached hydrogens (tertiary/aromatic N) is 1. The number of ether oxygens (including phenoxy) is 1. The molecule has 23 heavy (non-hydrogen) atoms. The maximum Gasteiger partial charge on any atom is 0.191 e. The van der Waals surface area contributed by atoms with E-state index in [-0.39, 0.29) is 29.8 Å². The zero-order valence-electron chi connectivity index (χ0n) is 13.1. The first-order valence-electron chi connectivity index (χ1n) is 7.75. The molecule has 3 atom stereocenters. The summed E-state index contributed by atoms with van der Waals surface area (Å²) in [4.78, 5) is 5.35. The molecule has 7 heteroatoms. The maximum atomic E-state index is 12.8. The number of fused-ring (bicyclic) bond motifs is 2. The van der Waals surface area contributed by atoms with Gasteiger partial charge in [-0.3, -0.25) is 4.99 Å². The third-order valence-corrected chi connectivity index (χ3v) is 5.14. The summed E-state index contributed by atoms with van der Waals surface area (Å²) in [6, 6.07) is 6.98. The molecule has 0 saturated carbocycles. The Balaban J connectivity index is 0.00000192. The van der Waals surface area contributed by atoms with Gasteiger partial charge in [0.25, 0.3) is 0 Å². The van der Waals surface area contributed by atoms with Gasteiger partial charge in [0.1, 0.15) is 5.82 Å². The van der Waals surface area contributed by atoms with Crippen molar-refractivity contribution < 1.29 is 9.13 Å². The van der Waals surface area contributed by atoms with E-state index in [0.29, 0.717) is 18.2 Å². The third kappa shape index (κ3) is 5.22. The molecule has 1 aromatic carbocycles. The zero-order valence-corrected chi connectivity index (χ0v) is 16.3. The lowest BCUT2D eigenvalue weighted by molar-refractivity contribution is 0.0992. The van der Waals surface area contributed by atoms with Crippen LogP contribution in [-0.4, -0.2) is 43.6 Å². The number of thioether (sulfide) groups is 1. The smallest absolute Gasteiger partial charge is 0.191 e. The van der Waals surface area contributed by atoms with E-state index < -0.39 is 0 Å². The molecule has 2 heterocycles. The van der Waals surface area contributed by atoms with Crippen molar-refractivity contribution in [1.82, 2.24) is 10.6 Å². The molecule has 0 spiro atoms. The third-order valence-electron chi connectivity index (χ3n) is 4.13. The molecule has 3 unspecified atom stereocenters. The van der Waals surface area contributed by atoms with Crippen LogP contribution in [0.25, 0.3) is 0 Å². The van der Waals surface area contributed by atoms with Crippen LogP contribution in [0.4, 0.5) is 4.39 Å². The molecule has 0 aliphatic carbocycles. The fourth-order valence-electron chi connectivity index (χ4n) is 3.03. The SMILES string of the molecule is CN=C(NCCSc1ccc(F)cc1)NC1CC2CCC1O2.I. The predicted octanol–water partition coefficient (Wildman–Crippen LogP) is 3.02. The highest BCUT2D eigenvalue weighted by molar-refractivity contribution is 14.0. The number of hydrogen-bond acceptors (Lipinski definition) is 3. The first kappa shape index (κ1) is 18.8. The van der Waals surface area contributed by atoms with Gasteiger partial charge in [0.2, 0.25) is 0 Å². The largest absolute Gasteiger partial charge is 0.373 e. The first-order chi connectivity index (χ1) is 10.7. The van der Waals surface area contributed by atoms with E-state index in [4.69, 9.17) is 4.74 Å². The number of rotatable bonds is 5. The standard InChI is InChI=1S/C16H22FN3OS.HI/c1-18-16(20-14-10-12-4-7-15(14)21-12)19-8-9-22-13-5-2-11(17)3-6-13;/h2-3,5-6,12,14-15H,4,7-10H2,1H3,(H2,18,19,20);1H. The fourth-order valence-corrected chi connectivity index (χ4v) is 3.80. The molecule has 2 fully saturated rings. The molecule has 0 radical (unpaired) electrons. The van der Waals surface area contributed by atoms with Gasteiger partial charge < -0.3 is 15.4 Å². The molecular formula is C16H23FIN3OS. The second kappa shape index (κ2) is 9.08. The highest BCUT2D eigenvalue weighted by Gasteiger charge is 2.41. The number of nitrogens with one attached hydrogen (secondary N) is 2. The topological polar surface area (TPSA) is 45.7 Å². The molecule has 3 rings (SSSR count). The van der Waals surface area contributed by atoms with Gasteiger partial charge in [-0.1, -0.05) is 0 Å². The van der Waals surface area contributed by atoms with Gasteiger partial charge >= 0.3 is 0 Å². The average molecular weight is 451 g/mol. The summed E-state index contributed by atoms with van der Waals surface area (Å²) < 4.78 is 18.7. The first-order valence-corrected chi connectivity index (χ1v) is 8.74. The fraction of sp³-hybridized carbons (Fsp3) is 0.562. The molecule has 2 N–H and O–H groups in total. The Bertz CT molecular complexity index is 529. The van der Waals surface area contributed by atoms with Crippen LogP contribution in [0.3, 0.4) is 0 Å². The maximum absolute atomic E-state index is 12.8. The van der Waals surface area contributed by atoms with Crippen molar-refractivity contribution in [1.29, 1.82) is 0 Å². The van der Waals surface area contributed by atoms with Crippen molar-refractivity contribution in [3.05, 3.63) is 30.1 Å². The van der Waals surface area contributed by atoms with Crippen molar-refractivity contribution >= 4 is 41.7 Å². The van der Waals surface area contributed by atoms with E-state index in [1.165, 1.54) is 18.6 Å². The van der Waals surface area contributed by atoms with E-state index in [2.05, 4.69) is 15.6 Å². The minimum Gasteiger partial charge on any atom is -0.373 e. The van der Waals surface area contributed by atoms with Crippen molar-refractivity contribution in [2.24, 2.45) is 4.99 Å². The van der Waals surface area contributed by atoms with Crippen LogP contribution in [0.5, 0.6) is 0 Å². The van der Waals surface area contributed by atoms with E-state index in [1.807, 2.05) is 0 Å². The van der Waals surface area contributed by atoms with Crippen LogP contribution < -0.4 is 10.6 Å². The molecular weight excluding hydrogens is 428 g/mol. The molecule has 2 bridgehead atoms. The lowest BCUT2D eigenvalue weighted by Gasteiger charge is -2.22. The molecule has 0 aromatic heterocycles. The van der Waals surface area contributed by atoms with Crippen LogP contribution in [0.15, 0.2) is 34.2 Å². The number of guanidine groups is 1. The highest BCUT2D eigenvalue weighted by atomic mass is 127. The Kier molecular flexibility index (Phi) is 7.42. The van der Waals surface area contributed by atoms with Gasteiger partial charge in [-0.05, 0) is 43.5 Å². The minimum atomic E-state index is -0.194. The summed E-state index contributed by atoms with van der Waals surface area (Å²) in [5.74, 6) is 1.54. The van der Waals surface area contributed by atoms with Crippen molar-refractivity contribution in [2.75, 3.05) is 19.3 Å². The van der Waals surface area contributed by atoms with Gasteiger partial charge in [-0.25, -0.2) is 4.39 Å². The Morgan fingerprint density at radius 1 is 1.35 bits per heavy atom. The van der Waals surface area contributed by atoms with Crippen LogP contribution >= 0.6 is 35.7 Å². The van der Waals surface area contributed by atoms with E-state index in [0.717, 1.165) is 36.0 Å². The Morgan fingerprint density at radius 2 is 2.13 bits per heavy atom. The van der Waals surface area contributed by atoms with Gasteiger partial charge in [0.15, 0.2) is 5.96 Å². The second-order valence-corrected chi connectivity index (χ2v) is 6.83. The predicted molar refractivity (Wildman–Crippen MR) is 103 cm³/mol. The summed E-state index contributed by atoms with van der Waals surface area (Å²) in [6.45, 7) is 0.809. The molecule has 2 saturated heterocycles. The molecule has 128 valence electrons. The lowest BCUT2D eigenvalue weighted by Crippen LogP contribution is -2.47. The lowest BCUT2D eigenvalue weighted by atomic mass is 9.96. The molecule has 2 aliphatic rings. The van der Waals surface area contributed by atoms with Crippen LogP contribution in [0.2, 0.25) is 0 Å². The highest BCUT2D eigenvalue weighted by Crippen LogP contribution is 2.34. The van der Waals surface area contributed by atoms with E-state index in [9.17, 15) is 4.39 Å². The Hall–Kier alpha value is -0.540. The summed E-state index contributed by atoms with van der Waals surface area (Å²) in [6.07, 6.45) is 4.21. The minimum absolute atomic E-state index is 0. The number of hydrogen-bond donors (Lipinski definition) is 2. The summed E-state index contributed by atoms with van der Waals surface area (Å²) in [5, 5.41) is 6.78. The van der Waals surface area contributed by atoms with Gasteiger partial charge in [-0.2, -0.15) is 0 Å². The summed E-state index contributed by atoms with van der Waals surface area (Å²) in [7, 11) is 1.79. The van der Waals surface area contributed by atoms with Gasteiger partial charge in [0.05, 0.1) is 18.2 Å². The number of benzene rings is 1. The summed E-state index contributed by atoms with van der Waals surface area (Å²) >= 11 is 1.70. The van der Waals surface area contributed by atoms with Crippen molar-refractivity contribution in [3.63, 3.8) is 0 Å². The van der Waals surface area contributed by atoms with Crippen LogP contribution in [-0.2, 0) is 4.74 Å². The number of halogens is 2. The van der Waals surface area contributed by atoms with E-state index >= 15 is 0 Å². The molecule has 1 aromatic rings. The van der Waals surface area contributed by atoms with Gasteiger partial charge in [-0.15, -0.1) is 35.7 Å². The monoisotopic (exact) mass is 451 g/mol. The van der Waals surface area contributed by atoms with Crippen LogP contribution in [0.1, 0.15) is 19.3 Å². The van der Waals surface area contributed by atoms with Crippen molar-refractivity contribution in [2.45, 2.75) is 42.4 Å². The number of aliphatic imine (C=N–C) groups is 1. The molecule has 2 aliphatic heterocycles. The zero-order chi connectivity index (χ0) is 15.4. The molecule has 4 nitrogen and oxygen atoms in total. The quantitative estimate of drug-likeness (QED) is 0.238. The normalized spacial score (nSPS) is 26.0. The molecule has 0 amide bonds. The average Bonchev–Trinajstić information content (AvgIpc) is 3.14. The van der Waals surface area contributed by atoms with E-state index in [1.54, 1.807) is 30.9 Å². The Morgan fingerprint density at radius 3 is 2.74 bits per heavy atom.